The Bertz CT molecular complexity index is 1580. The van der Waals surface area contributed by atoms with E-state index in [9.17, 15) is 9.59 Å². The van der Waals surface area contributed by atoms with Crippen LogP contribution in [0.4, 0.5) is 5.69 Å². The van der Waals surface area contributed by atoms with E-state index in [1.807, 2.05) is 55.0 Å². The molecule has 5 aromatic rings. The lowest BCUT2D eigenvalue weighted by Crippen LogP contribution is -2.48. The van der Waals surface area contributed by atoms with Gasteiger partial charge in [0.1, 0.15) is 11.9 Å². The number of benzene rings is 1. The van der Waals surface area contributed by atoms with Crippen molar-refractivity contribution in [3.8, 4) is 0 Å². The summed E-state index contributed by atoms with van der Waals surface area (Å²) in [5, 5.41) is 17.3. The van der Waals surface area contributed by atoms with Gasteiger partial charge in [-0.1, -0.05) is 12.1 Å². The Morgan fingerprint density at radius 2 is 2.11 bits per heavy atom. The molecular weight excluding hydrogens is 476 g/mol. The number of rotatable bonds is 6. The molecule has 2 amide bonds. The molecule has 10 nitrogen and oxygen atoms in total. The zero-order chi connectivity index (χ0) is 24.8. The predicted octanol–water partition coefficient (Wildman–Crippen LogP) is 2.51. The van der Waals surface area contributed by atoms with E-state index in [0.717, 1.165) is 32.7 Å². The first kappa shape index (κ1) is 22.2. The molecule has 0 saturated heterocycles. The molecule has 1 aliphatic heterocycles. The van der Waals surface area contributed by atoms with Crippen LogP contribution in [-0.4, -0.2) is 54.4 Å². The maximum Gasteiger partial charge on any atom is 0.291 e. The van der Waals surface area contributed by atoms with Crippen molar-refractivity contribution in [3.63, 3.8) is 0 Å². The van der Waals surface area contributed by atoms with Crippen molar-refractivity contribution >= 4 is 39.7 Å². The number of hydrogen-bond acceptors (Lipinski definition) is 6. The van der Waals surface area contributed by atoms with Crippen molar-refractivity contribution in [2.24, 2.45) is 7.05 Å². The van der Waals surface area contributed by atoms with Crippen LogP contribution in [0, 0.1) is 0 Å². The van der Waals surface area contributed by atoms with Gasteiger partial charge in [0.2, 0.25) is 11.7 Å². The summed E-state index contributed by atoms with van der Waals surface area (Å²) >= 11 is 1.62. The van der Waals surface area contributed by atoms with Crippen LogP contribution in [0.2, 0.25) is 0 Å². The van der Waals surface area contributed by atoms with Crippen molar-refractivity contribution in [1.29, 1.82) is 0 Å². The fourth-order valence-corrected chi connectivity index (χ4v) is 5.46. The molecule has 5 heterocycles. The topological polar surface area (TPSA) is 114 Å². The number of carbonyl (C=O) groups is 2. The largest absolute Gasteiger partial charge is 0.341 e. The Morgan fingerprint density at radius 1 is 1.22 bits per heavy atom. The molecule has 1 aliphatic rings. The van der Waals surface area contributed by atoms with Crippen LogP contribution in [0.15, 0.2) is 54.2 Å². The van der Waals surface area contributed by atoms with Crippen molar-refractivity contribution in [3.05, 3.63) is 82.0 Å². The molecule has 0 fully saturated rings. The van der Waals surface area contributed by atoms with E-state index in [-0.39, 0.29) is 11.7 Å². The molecule has 11 heteroatoms. The van der Waals surface area contributed by atoms with Gasteiger partial charge in [0, 0.05) is 49.6 Å². The van der Waals surface area contributed by atoms with Gasteiger partial charge < -0.3 is 14.8 Å². The number of aryl methyl sites for hydroxylation is 1. The number of likely N-dealkylation sites (N-methyl/N-ethyl adjacent to an activating group) is 1. The van der Waals surface area contributed by atoms with Gasteiger partial charge in [-0.15, -0.1) is 16.4 Å². The molecule has 0 unspecified atom stereocenters. The lowest BCUT2D eigenvalue weighted by atomic mass is 10.1. The van der Waals surface area contributed by atoms with E-state index in [1.165, 1.54) is 0 Å². The van der Waals surface area contributed by atoms with Crippen LogP contribution in [-0.2, 0) is 31.2 Å². The zero-order valence-electron chi connectivity index (χ0n) is 19.8. The lowest BCUT2D eigenvalue weighted by Gasteiger charge is -2.22. The molecule has 1 aromatic carbocycles. The van der Waals surface area contributed by atoms with Crippen LogP contribution in [0.25, 0.3) is 10.9 Å². The second-order valence-electron chi connectivity index (χ2n) is 8.92. The average molecular weight is 501 g/mol. The summed E-state index contributed by atoms with van der Waals surface area (Å²) in [4.78, 5) is 33.5. The van der Waals surface area contributed by atoms with Crippen molar-refractivity contribution < 1.29 is 9.59 Å². The summed E-state index contributed by atoms with van der Waals surface area (Å²) in [6.45, 7) is 0.611. The highest BCUT2D eigenvalue weighted by Gasteiger charge is 2.32. The van der Waals surface area contributed by atoms with Crippen LogP contribution in [0.1, 0.15) is 32.6 Å². The molecule has 0 aliphatic carbocycles. The smallest absolute Gasteiger partial charge is 0.291 e. The fourth-order valence-electron chi connectivity index (χ4n) is 4.76. The number of aromatic amines is 1. The Hall–Kier alpha value is -4.25. The first-order chi connectivity index (χ1) is 17.5. The predicted molar refractivity (Wildman–Crippen MR) is 136 cm³/mol. The van der Waals surface area contributed by atoms with E-state index in [0.29, 0.717) is 25.2 Å². The Labute approximate surface area is 210 Å². The highest BCUT2D eigenvalue weighted by Crippen LogP contribution is 2.35. The van der Waals surface area contributed by atoms with E-state index >= 15 is 0 Å². The molecule has 4 aromatic heterocycles. The number of nitrogens with one attached hydrogen (secondary N) is 2. The third-order valence-corrected chi connectivity index (χ3v) is 7.32. The number of hydrogen-bond donors (Lipinski definition) is 2. The normalized spacial score (nSPS) is 15.4. The van der Waals surface area contributed by atoms with Gasteiger partial charge in [-0.05, 0) is 35.2 Å². The Balaban J connectivity index is 1.27. The molecule has 182 valence electrons. The summed E-state index contributed by atoms with van der Waals surface area (Å²) in [5.41, 5.74) is 3.78. The van der Waals surface area contributed by atoms with E-state index < -0.39 is 11.9 Å². The monoisotopic (exact) mass is 500 g/mol. The second kappa shape index (κ2) is 8.76. The average Bonchev–Trinajstić information content (AvgIpc) is 3.67. The minimum atomic E-state index is -0.747. The van der Waals surface area contributed by atoms with Crippen LogP contribution in [0.3, 0.4) is 0 Å². The molecular formula is C25H24N8O2S. The molecule has 6 rings (SSSR count). The molecule has 0 radical (unpaired) electrons. The van der Waals surface area contributed by atoms with Gasteiger partial charge in [0.15, 0.2) is 0 Å². The SMILES string of the molecule is CN1C(=O)[C@@H](NC(=O)c2n[nH]c(Cc3cccs3)n2)Cc2cn(Cc3ccn(C)n3)c3cccc1c23. The maximum atomic E-state index is 13.4. The first-order valence-corrected chi connectivity index (χ1v) is 12.5. The van der Waals surface area contributed by atoms with Crippen LogP contribution < -0.4 is 10.2 Å². The van der Waals surface area contributed by atoms with E-state index in [4.69, 9.17) is 0 Å². The molecule has 0 bridgehead atoms. The van der Waals surface area contributed by atoms with Gasteiger partial charge in [-0.25, -0.2) is 4.98 Å². The van der Waals surface area contributed by atoms with Gasteiger partial charge in [0.25, 0.3) is 5.91 Å². The number of nitrogens with zero attached hydrogens (tertiary/aromatic N) is 6. The molecule has 36 heavy (non-hydrogen) atoms. The summed E-state index contributed by atoms with van der Waals surface area (Å²) < 4.78 is 3.93. The van der Waals surface area contributed by atoms with Gasteiger partial charge >= 0.3 is 0 Å². The van der Waals surface area contributed by atoms with Crippen LogP contribution in [0.5, 0.6) is 0 Å². The summed E-state index contributed by atoms with van der Waals surface area (Å²) in [5.74, 6) is -0.0347. The van der Waals surface area contributed by atoms with Crippen molar-refractivity contribution in [2.75, 3.05) is 11.9 Å². The lowest BCUT2D eigenvalue weighted by molar-refractivity contribution is -0.120. The number of amides is 2. The second-order valence-corrected chi connectivity index (χ2v) is 9.96. The minimum absolute atomic E-state index is 0.0247. The number of aromatic nitrogens is 6. The van der Waals surface area contributed by atoms with Gasteiger partial charge in [0.05, 0.1) is 23.4 Å². The standard InChI is InChI=1S/C25H24N8O2S/c1-31-9-8-16(30-31)14-33-13-15-11-18(25(35)32(2)19-6-3-7-20(33)22(15)19)26-24(34)23-27-21(28-29-23)12-17-5-4-10-36-17/h3-10,13,18H,11-12,14H2,1-2H3,(H,26,34)(H,27,28,29)/t18-/m0/s1. The third kappa shape index (κ3) is 3.97. The molecule has 0 spiro atoms. The van der Waals surface area contributed by atoms with Gasteiger partial charge in [-0.3, -0.25) is 19.4 Å². The highest BCUT2D eigenvalue weighted by molar-refractivity contribution is 7.09. The molecule has 1 atom stereocenters. The third-order valence-electron chi connectivity index (χ3n) is 6.44. The first-order valence-electron chi connectivity index (χ1n) is 11.6. The summed E-state index contributed by atoms with van der Waals surface area (Å²) in [6.07, 6.45) is 4.91. The highest BCUT2D eigenvalue weighted by atomic mass is 32.1. The fraction of sp³-hybridized carbons (Fsp3) is 0.240. The molecule has 0 saturated carbocycles. The maximum absolute atomic E-state index is 13.4. The van der Waals surface area contributed by atoms with Crippen LogP contribution >= 0.6 is 11.3 Å². The quantitative estimate of drug-likeness (QED) is 0.372. The molecule has 2 N–H and O–H groups in total. The zero-order valence-corrected chi connectivity index (χ0v) is 20.6. The Morgan fingerprint density at radius 3 is 2.89 bits per heavy atom. The summed E-state index contributed by atoms with van der Waals surface area (Å²) in [6, 6.07) is 11.1. The number of H-pyrrole nitrogens is 1. The number of thiophene rings is 1. The Kier molecular flexibility index (Phi) is 5.41. The van der Waals surface area contributed by atoms with Crippen molar-refractivity contribution in [1.82, 2.24) is 34.8 Å². The van der Waals surface area contributed by atoms with Crippen molar-refractivity contribution in [2.45, 2.75) is 25.4 Å². The number of anilines is 1. The summed E-state index contributed by atoms with van der Waals surface area (Å²) in [7, 11) is 3.64. The minimum Gasteiger partial charge on any atom is -0.341 e. The number of carbonyl (C=O) groups excluding carboxylic acids is 2. The van der Waals surface area contributed by atoms with E-state index in [1.54, 1.807) is 28.0 Å². The van der Waals surface area contributed by atoms with E-state index in [2.05, 4.69) is 36.4 Å². The van der Waals surface area contributed by atoms with Gasteiger partial charge in [-0.2, -0.15) is 5.10 Å².